The number of carbonyl (C=O) groups excluding carboxylic acids is 1. The van der Waals surface area contributed by atoms with Gasteiger partial charge in [-0.2, -0.15) is 5.26 Å². The molecule has 0 fully saturated rings. The Hall–Kier alpha value is -3.77. The van der Waals surface area contributed by atoms with Crippen LogP contribution in [0.2, 0.25) is 5.02 Å². The van der Waals surface area contributed by atoms with Crippen molar-refractivity contribution in [2.75, 3.05) is 17.4 Å². The van der Waals surface area contributed by atoms with E-state index in [0.717, 1.165) is 6.07 Å². The summed E-state index contributed by atoms with van der Waals surface area (Å²) in [4.78, 5) is 22.5. The van der Waals surface area contributed by atoms with Gasteiger partial charge < -0.3 is 20.1 Å². The number of nitro groups is 1. The van der Waals surface area contributed by atoms with E-state index < -0.39 is 10.8 Å². The van der Waals surface area contributed by atoms with Crippen LogP contribution in [0, 0.1) is 21.4 Å². The van der Waals surface area contributed by atoms with E-state index in [1.807, 2.05) is 0 Å². The number of hydrogen-bond acceptors (Lipinski definition) is 7. The molecule has 0 aliphatic carbocycles. The van der Waals surface area contributed by atoms with Crippen LogP contribution in [0.5, 0.6) is 11.5 Å². The number of ether oxygens (including phenoxy) is 2. The van der Waals surface area contributed by atoms with Gasteiger partial charge in [0.15, 0.2) is 11.5 Å². The highest BCUT2D eigenvalue weighted by atomic mass is 35.5. The zero-order chi connectivity index (χ0) is 19.4. The minimum absolute atomic E-state index is 0.0569. The van der Waals surface area contributed by atoms with Gasteiger partial charge in [0, 0.05) is 29.7 Å². The molecule has 0 atom stereocenters. The number of carbonyl (C=O) groups is 1. The molecule has 1 heterocycles. The van der Waals surface area contributed by atoms with E-state index in [1.165, 1.54) is 18.3 Å². The molecule has 1 amide bonds. The number of rotatable bonds is 5. The summed E-state index contributed by atoms with van der Waals surface area (Å²) in [6.07, 6.45) is 1.22. The average Bonchev–Trinajstić information content (AvgIpc) is 3.11. The molecule has 1 aliphatic heterocycles. The fourth-order valence-corrected chi connectivity index (χ4v) is 2.41. The van der Waals surface area contributed by atoms with Crippen LogP contribution in [-0.4, -0.2) is 17.6 Å². The number of nitrogens with one attached hydrogen (secondary N) is 2. The lowest BCUT2D eigenvalue weighted by molar-refractivity contribution is -0.384. The molecule has 0 unspecified atom stereocenters. The zero-order valence-electron chi connectivity index (χ0n) is 13.6. The quantitative estimate of drug-likeness (QED) is 0.348. The summed E-state index contributed by atoms with van der Waals surface area (Å²) in [5, 5.41) is 25.3. The van der Waals surface area contributed by atoms with Crippen molar-refractivity contribution in [1.82, 2.24) is 0 Å². The van der Waals surface area contributed by atoms with Crippen LogP contribution < -0.4 is 20.1 Å². The zero-order valence-corrected chi connectivity index (χ0v) is 14.3. The van der Waals surface area contributed by atoms with E-state index in [-0.39, 0.29) is 28.8 Å². The second-order valence-corrected chi connectivity index (χ2v) is 5.67. The molecule has 0 radical (unpaired) electrons. The number of nitro benzene ring substituents is 1. The molecule has 2 N–H and O–H groups in total. The van der Waals surface area contributed by atoms with Crippen LogP contribution in [-0.2, 0) is 4.79 Å². The van der Waals surface area contributed by atoms with Crippen LogP contribution in [0.25, 0.3) is 0 Å². The minimum Gasteiger partial charge on any atom is -0.454 e. The fraction of sp³-hybridized carbons (Fsp3) is 0.0588. The van der Waals surface area contributed by atoms with Gasteiger partial charge >= 0.3 is 0 Å². The SMILES string of the molecule is N#C/C(=C/Nc1ccc2c(c1)OCO2)C(=O)Nc1ccc(Cl)c([N+](=O)[O-])c1. The van der Waals surface area contributed by atoms with Crippen LogP contribution in [0.4, 0.5) is 17.1 Å². The normalized spacial score (nSPS) is 12.2. The van der Waals surface area contributed by atoms with Gasteiger partial charge in [0.25, 0.3) is 11.6 Å². The molecule has 0 spiro atoms. The van der Waals surface area contributed by atoms with Gasteiger partial charge in [-0.1, -0.05) is 11.6 Å². The van der Waals surface area contributed by atoms with Crippen LogP contribution >= 0.6 is 11.6 Å². The lowest BCUT2D eigenvalue weighted by atomic mass is 10.2. The van der Waals surface area contributed by atoms with Gasteiger partial charge in [0.05, 0.1) is 4.92 Å². The van der Waals surface area contributed by atoms with Crippen molar-refractivity contribution in [3.05, 3.63) is 63.3 Å². The van der Waals surface area contributed by atoms with Gasteiger partial charge in [0.1, 0.15) is 16.7 Å². The lowest BCUT2D eigenvalue weighted by Gasteiger charge is -2.06. The fourth-order valence-electron chi connectivity index (χ4n) is 2.22. The van der Waals surface area contributed by atoms with Gasteiger partial charge in [-0.15, -0.1) is 0 Å². The highest BCUT2D eigenvalue weighted by molar-refractivity contribution is 6.32. The molecule has 0 saturated carbocycles. The van der Waals surface area contributed by atoms with E-state index in [9.17, 15) is 20.2 Å². The summed E-state index contributed by atoms with van der Waals surface area (Å²) in [6.45, 7) is 0.133. The summed E-state index contributed by atoms with van der Waals surface area (Å²) >= 11 is 5.73. The number of amides is 1. The standard InChI is InChI=1S/C17H11ClN4O5/c18-13-3-1-12(5-14(13)22(24)25)21-17(23)10(7-19)8-20-11-2-4-15-16(6-11)27-9-26-15/h1-6,8,20H,9H2,(H,21,23)/b10-8-. The van der Waals surface area contributed by atoms with Gasteiger partial charge in [-0.25, -0.2) is 0 Å². The molecule has 9 nitrogen and oxygen atoms in total. The van der Waals surface area contributed by atoms with Crippen molar-refractivity contribution < 1.29 is 19.2 Å². The predicted octanol–water partition coefficient (Wildman–Crippen LogP) is 3.43. The van der Waals surface area contributed by atoms with Crippen LogP contribution in [0.1, 0.15) is 0 Å². The molecule has 0 saturated heterocycles. The minimum atomic E-state index is -0.734. The molecule has 2 aromatic carbocycles. The molecule has 1 aliphatic rings. The number of benzene rings is 2. The van der Waals surface area contributed by atoms with Crippen LogP contribution in [0.3, 0.4) is 0 Å². The van der Waals surface area contributed by atoms with Crippen molar-refractivity contribution >= 4 is 34.6 Å². The molecule has 2 aromatic rings. The van der Waals surface area contributed by atoms with Crippen molar-refractivity contribution in [2.24, 2.45) is 0 Å². The van der Waals surface area contributed by atoms with Crippen molar-refractivity contribution in [1.29, 1.82) is 5.26 Å². The topological polar surface area (TPSA) is 127 Å². The van der Waals surface area contributed by atoms with E-state index >= 15 is 0 Å². The monoisotopic (exact) mass is 386 g/mol. The second kappa shape index (κ2) is 7.63. The Kier molecular flexibility index (Phi) is 5.10. The molecule has 0 bridgehead atoms. The Balaban J connectivity index is 1.72. The largest absolute Gasteiger partial charge is 0.454 e. The Morgan fingerprint density at radius 1 is 1.22 bits per heavy atom. The summed E-state index contributed by atoms with van der Waals surface area (Å²) in [5.74, 6) is 0.416. The summed E-state index contributed by atoms with van der Waals surface area (Å²) in [6, 6.07) is 10.6. The third kappa shape index (κ3) is 4.08. The number of fused-ring (bicyclic) bond motifs is 1. The van der Waals surface area contributed by atoms with E-state index in [0.29, 0.717) is 17.2 Å². The maximum atomic E-state index is 12.2. The average molecular weight is 387 g/mol. The Morgan fingerprint density at radius 2 is 1.96 bits per heavy atom. The first-order valence-electron chi connectivity index (χ1n) is 7.49. The molecule has 0 aromatic heterocycles. The molecule has 136 valence electrons. The smallest absolute Gasteiger partial charge is 0.289 e. The first-order valence-corrected chi connectivity index (χ1v) is 7.87. The summed E-state index contributed by atoms with van der Waals surface area (Å²) in [7, 11) is 0. The Morgan fingerprint density at radius 3 is 2.70 bits per heavy atom. The Labute approximate surface area is 157 Å². The maximum Gasteiger partial charge on any atom is 0.289 e. The van der Waals surface area contributed by atoms with E-state index in [2.05, 4.69) is 10.6 Å². The lowest BCUT2D eigenvalue weighted by Crippen LogP contribution is -2.14. The first-order chi connectivity index (χ1) is 13.0. The molecular formula is C17H11ClN4O5. The summed E-state index contributed by atoms with van der Waals surface area (Å²) < 4.78 is 10.4. The molecular weight excluding hydrogens is 376 g/mol. The highest BCUT2D eigenvalue weighted by Gasteiger charge is 2.16. The molecule has 27 heavy (non-hydrogen) atoms. The summed E-state index contributed by atoms with van der Waals surface area (Å²) in [5.41, 5.74) is 0.142. The highest BCUT2D eigenvalue weighted by Crippen LogP contribution is 2.34. The van der Waals surface area contributed by atoms with Crippen LogP contribution in [0.15, 0.2) is 48.2 Å². The predicted molar refractivity (Wildman–Crippen MR) is 96.6 cm³/mol. The second-order valence-electron chi connectivity index (χ2n) is 5.26. The number of hydrogen-bond donors (Lipinski definition) is 2. The third-order valence-corrected chi connectivity index (χ3v) is 3.84. The number of nitriles is 1. The van der Waals surface area contributed by atoms with Crippen molar-refractivity contribution in [3.8, 4) is 17.6 Å². The molecule has 10 heteroatoms. The first kappa shape index (κ1) is 18.0. The van der Waals surface area contributed by atoms with Gasteiger partial charge in [-0.05, 0) is 24.3 Å². The van der Waals surface area contributed by atoms with Crippen molar-refractivity contribution in [3.63, 3.8) is 0 Å². The van der Waals surface area contributed by atoms with Gasteiger partial charge in [-0.3, -0.25) is 14.9 Å². The van der Waals surface area contributed by atoms with E-state index in [1.54, 1.807) is 24.3 Å². The van der Waals surface area contributed by atoms with Gasteiger partial charge in [0.2, 0.25) is 6.79 Å². The third-order valence-electron chi connectivity index (χ3n) is 3.52. The number of nitrogens with zero attached hydrogens (tertiary/aromatic N) is 2. The number of anilines is 2. The maximum absolute atomic E-state index is 12.2. The Bertz CT molecular complexity index is 999. The molecule has 3 rings (SSSR count). The number of halogens is 1. The van der Waals surface area contributed by atoms with Crippen molar-refractivity contribution in [2.45, 2.75) is 0 Å². The van der Waals surface area contributed by atoms with E-state index in [4.69, 9.17) is 21.1 Å².